The van der Waals surface area contributed by atoms with Crippen molar-refractivity contribution >= 4 is 25.8 Å². The normalized spacial score (nSPS) is 23.1. The summed E-state index contributed by atoms with van der Waals surface area (Å²) in [6.45, 7) is 0.936. The van der Waals surface area contributed by atoms with Crippen LogP contribution in [0.25, 0.3) is 0 Å². The third-order valence-electron chi connectivity index (χ3n) is 4.94. The Morgan fingerprint density at radius 1 is 1.22 bits per heavy atom. The van der Waals surface area contributed by atoms with Gasteiger partial charge in [-0.15, -0.1) is 0 Å². The third kappa shape index (κ3) is 4.44. The summed E-state index contributed by atoms with van der Waals surface area (Å²) >= 11 is 0. The van der Waals surface area contributed by atoms with Gasteiger partial charge in [-0.25, -0.2) is 16.8 Å². The zero-order valence-corrected chi connectivity index (χ0v) is 16.8. The van der Waals surface area contributed by atoms with Crippen LogP contribution in [0.3, 0.4) is 0 Å². The first kappa shape index (κ1) is 20.1. The molecule has 2 aliphatic heterocycles. The number of nitrogens with one attached hydrogen (secondary N) is 1. The highest BCUT2D eigenvalue weighted by Gasteiger charge is 2.31. The average Bonchev–Trinajstić information content (AvgIpc) is 3.00. The molecule has 150 valence electrons. The third-order valence-corrected chi connectivity index (χ3v) is 8.60. The molecule has 0 unspecified atom stereocenters. The minimum atomic E-state index is -3.69. The summed E-state index contributed by atoms with van der Waals surface area (Å²) in [5.41, 5.74) is 0.0832. The number of sulfone groups is 1. The average molecular weight is 417 g/mol. The Morgan fingerprint density at radius 2 is 1.93 bits per heavy atom. The van der Waals surface area contributed by atoms with Crippen molar-refractivity contribution in [2.24, 2.45) is 0 Å². The maximum atomic E-state index is 12.9. The Hall–Kier alpha value is -1.65. The first-order valence-corrected chi connectivity index (χ1v) is 12.2. The largest absolute Gasteiger partial charge is 0.496 e. The minimum Gasteiger partial charge on any atom is -0.496 e. The van der Waals surface area contributed by atoms with E-state index < -0.39 is 31.8 Å². The molecule has 2 fully saturated rings. The summed E-state index contributed by atoms with van der Waals surface area (Å²) in [5, 5.41) is 2.68. The van der Waals surface area contributed by atoms with Gasteiger partial charge in [0.1, 0.15) is 5.75 Å². The first-order chi connectivity index (χ1) is 12.7. The Kier molecular flexibility index (Phi) is 5.78. The molecule has 1 atom stereocenters. The van der Waals surface area contributed by atoms with Crippen LogP contribution in [0.4, 0.5) is 0 Å². The van der Waals surface area contributed by atoms with Crippen molar-refractivity contribution in [2.75, 3.05) is 31.7 Å². The zero-order valence-electron chi connectivity index (χ0n) is 15.2. The lowest BCUT2D eigenvalue weighted by Crippen LogP contribution is -2.37. The van der Waals surface area contributed by atoms with Crippen LogP contribution in [0.2, 0.25) is 0 Å². The van der Waals surface area contributed by atoms with E-state index in [1.165, 1.54) is 29.6 Å². The van der Waals surface area contributed by atoms with Crippen LogP contribution >= 0.6 is 0 Å². The Balaban J connectivity index is 1.86. The number of methoxy groups -OCH3 is 1. The molecule has 27 heavy (non-hydrogen) atoms. The number of piperidine rings is 1. The van der Waals surface area contributed by atoms with Crippen molar-refractivity contribution < 1.29 is 26.4 Å². The van der Waals surface area contributed by atoms with E-state index in [4.69, 9.17) is 4.74 Å². The van der Waals surface area contributed by atoms with E-state index in [9.17, 15) is 21.6 Å². The van der Waals surface area contributed by atoms with E-state index in [0.29, 0.717) is 19.5 Å². The van der Waals surface area contributed by atoms with E-state index in [-0.39, 0.29) is 27.7 Å². The highest BCUT2D eigenvalue weighted by Crippen LogP contribution is 2.26. The molecule has 0 aliphatic carbocycles. The summed E-state index contributed by atoms with van der Waals surface area (Å²) in [6.07, 6.45) is 2.99. The summed E-state index contributed by atoms with van der Waals surface area (Å²) in [6, 6.07) is 3.72. The number of sulfonamides is 1. The van der Waals surface area contributed by atoms with Gasteiger partial charge in [0.05, 0.1) is 29.1 Å². The van der Waals surface area contributed by atoms with E-state index in [1.54, 1.807) is 0 Å². The predicted molar refractivity (Wildman–Crippen MR) is 100 cm³/mol. The molecular weight excluding hydrogens is 392 g/mol. The van der Waals surface area contributed by atoms with Gasteiger partial charge in [-0.2, -0.15) is 4.31 Å². The maximum Gasteiger partial charge on any atom is 0.255 e. The Morgan fingerprint density at radius 3 is 2.52 bits per heavy atom. The van der Waals surface area contributed by atoms with Gasteiger partial charge in [-0.3, -0.25) is 4.79 Å². The molecule has 2 heterocycles. The fourth-order valence-electron chi connectivity index (χ4n) is 3.45. The number of rotatable bonds is 5. The number of nitrogens with zero attached hydrogens (tertiary/aromatic N) is 1. The van der Waals surface area contributed by atoms with Gasteiger partial charge in [0.2, 0.25) is 10.0 Å². The van der Waals surface area contributed by atoms with E-state index in [2.05, 4.69) is 5.32 Å². The molecule has 0 bridgehead atoms. The van der Waals surface area contributed by atoms with Crippen molar-refractivity contribution in [2.45, 2.75) is 36.6 Å². The minimum absolute atomic E-state index is 0.0365. The number of hydrogen-bond acceptors (Lipinski definition) is 6. The lowest BCUT2D eigenvalue weighted by molar-refractivity contribution is 0.0938. The molecule has 0 saturated carbocycles. The number of amides is 1. The van der Waals surface area contributed by atoms with Crippen LogP contribution in [0.5, 0.6) is 5.75 Å². The Labute approximate surface area is 159 Å². The molecule has 0 aromatic heterocycles. The van der Waals surface area contributed by atoms with Gasteiger partial charge >= 0.3 is 0 Å². The number of ether oxygens (including phenoxy) is 1. The molecular formula is C17H24N2O6S2. The maximum absolute atomic E-state index is 12.9. The summed E-state index contributed by atoms with van der Waals surface area (Å²) < 4.78 is 55.5. The summed E-state index contributed by atoms with van der Waals surface area (Å²) in [7, 11) is -5.43. The highest BCUT2D eigenvalue weighted by atomic mass is 32.2. The van der Waals surface area contributed by atoms with E-state index >= 15 is 0 Å². The fraction of sp³-hybridized carbons (Fsp3) is 0.588. The lowest BCUT2D eigenvalue weighted by atomic mass is 10.1. The van der Waals surface area contributed by atoms with E-state index in [0.717, 1.165) is 19.3 Å². The molecule has 2 aliphatic rings. The van der Waals surface area contributed by atoms with Crippen molar-refractivity contribution in [3.05, 3.63) is 23.8 Å². The molecule has 1 aromatic carbocycles. The second-order valence-electron chi connectivity index (χ2n) is 6.90. The molecule has 3 rings (SSSR count). The van der Waals surface area contributed by atoms with Crippen LogP contribution in [0.1, 0.15) is 36.0 Å². The topological polar surface area (TPSA) is 110 Å². The molecule has 1 N–H and O–H groups in total. The van der Waals surface area contributed by atoms with Gasteiger partial charge in [0.25, 0.3) is 5.91 Å². The SMILES string of the molecule is COc1ccc(S(=O)(=O)N2CCCCC2)cc1C(=O)N[C@H]1CCS(=O)(=O)C1. The number of hydrogen-bond donors (Lipinski definition) is 1. The highest BCUT2D eigenvalue weighted by molar-refractivity contribution is 7.91. The Bertz CT molecular complexity index is 921. The molecule has 0 spiro atoms. The smallest absolute Gasteiger partial charge is 0.255 e. The number of benzene rings is 1. The quantitative estimate of drug-likeness (QED) is 0.760. The monoisotopic (exact) mass is 416 g/mol. The molecule has 10 heteroatoms. The number of carbonyl (C=O) groups is 1. The van der Waals surface area contributed by atoms with Gasteiger partial charge in [-0.05, 0) is 37.5 Å². The van der Waals surface area contributed by atoms with Gasteiger partial charge in [-0.1, -0.05) is 6.42 Å². The second-order valence-corrected chi connectivity index (χ2v) is 11.1. The van der Waals surface area contributed by atoms with Crippen molar-refractivity contribution in [3.63, 3.8) is 0 Å². The van der Waals surface area contributed by atoms with Gasteiger partial charge < -0.3 is 10.1 Å². The number of carbonyl (C=O) groups excluding carboxylic acids is 1. The van der Waals surface area contributed by atoms with E-state index in [1.807, 2.05) is 0 Å². The predicted octanol–water partition coefficient (Wildman–Crippen LogP) is 0.787. The standard InChI is InChI=1S/C17H24N2O6S2/c1-25-16-6-5-14(27(23,24)19-8-3-2-4-9-19)11-15(16)17(20)18-13-7-10-26(21,22)12-13/h5-6,11,13H,2-4,7-10,12H2,1H3,(H,18,20)/t13-/m0/s1. The summed E-state index contributed by atoms with van der Waals surface area (Å²) in [5.74, 6) is -0.360. The van der Waals surface area contributed by atoms with Crippen LogP contribution < -0.4 is 10.1 Å². The van der Waals surface area contributed by atoms with Crippen molar-refractivity contribution in [1.82, 2.24) is 9.62 Å². The van der Waals surface area contributed by atoms with Crippen molar-refractivity contribution in [1.29, 1.82) is 0 Å². The zero-order chi connectivity index (χ0) is 19.7. The molecule has 1 aromatic rings. The molecule has 8 nitrogen and oxygen atoms in total. The molecule has 2 saturated heterocycles. The summed E-state index contributed by atoms with van der Waals surface area (Å²) in [4.78, 5) is 12.7. The second kappa shape index (κ2) is 7.76. The molecule has 0 radical (unpaired) electrons. The first-order valence-electron chi connectivity index (χ1n) is 8.92. The van der Waals surface area contributed by atoms with Crippen LogP contribution in [0.15, 0.2) is 23.1 Å². The van der Waals surface area contributed by atoms with Gasteiger partial charge in [0, 0.05) is 19.1 Å². The van der Waals surface area contributed by atoms with Crippen LogP contribution in [-0.4, -0.2) is 64.8 Å². The lowest BCUT2D eigenvalue weighted by Gasteiger charge is -2.26. The van der Waals surface area contributed by atoms with Crippen LogP contribution in [0, 0.1) is 0 Å². The van der Waals surface area contributed by atoms with Crippen LogP contribution in [-0.2, 0) is 19.9 Å². The van der Waals surface area contributed by atoms with Crippen molar-refractivity contribution in [3.8, 4) is 5.75 Å². The molecule has 1 amide bonds. The fourth-order valence-corrected chi connectivity index (χ4v) is 6.67. The van der Waals surface area contributed by atoms with Gasteiger partial charge in [0.15, 0.2) is 9.84 Å².